The van der Waals surface area contributed by atoms with Gasteiger partial charge < -0.3 is 10.6 Å². The van der Waals surface area contributed by atoms with Gasteiger partial charge in [-0.15, -0.1) is 0 Å². The highest BCUT2D eigenvalue weighted by molar-refractivity contribution is 7.99. The summed E-state index contributed by atoms with van der Waals surface area (Å²) >= 11 is 1.67. The van der Waals surface area contributed by atoms with Crippen LogP contribution in [0.25, 0.3) is 0 Å². The molecule has 0 radical (unpaired) electrons. The van der Waals surface area contributed by atoms with Crippen LogP contribution in [0.2, 0.25) is 0 Å². The molecule has 1 aromatic carbocycles. The molecule has 21 heavy (non-hydrogen) atoms. The van der Waals surface area contributed by atoms with Crippen LogP contribution >= 0.6 is 11.8 Å². The van der Waals surface area contributed by atoms with Crippen LogP contribution in [0.15, 0.2) is 24.3 Å². The van der Waals surface area contributed by atoms with Gasteiger partial charge in [-0.2, -0.15) is 11.8 Å². The Hall–Kier alpha value is -1.76. The molecule has 0 aliphatic carbocycles. The maximum absolute atomic E-state index is 11.8. The van der Waals surface area contributed by atoms with Crippen LogP contribution in [0.1, 0.15) is 32.4 Å². The van der Waals surface area contributed by atoms with E-state index in [1.54, 1.807) is 30.8 Å². The standard InChI is InChI=1S/C14H21N3O3S/c1-10(11-6-5-7-12(8-11)17(19)20)16-13(18)15-9-14(2,3)21-4/h5-8,10H,9H2,1-4H3,(H2,15,16,18). The summed E-state index contributed by atoms with van der Waals surface area (Å²) in [6, 6.07) is 5.68. The highest BCUT2D eigenvalue weighted by Crippen LogP contribution is 2.20. The monoisotopic (exact) mass is 311 g/mol. The molecular weight excluding hydrogens is 290 g/mol. The fraction of sp³-hybridized carbons (Fsp3) is 0.500. The number of nitrogens with zero attached hydrogens (tertiary/aromatic N) is 1. The normalized spacial score (nSPS) is 12.6. The van der Waals surface area contributed by atoms with E-state index in [0.717, 1.165) is 0 Å². The van der Waals surface area contributed by atoms with E-state index in [0.29, 0.717) is 12.1 Å². The second kappa shape index (κ2) is 7.31. The molecule has 0 spiro atoms. The van der Waals surface area contributed by atoms with E-state index in [1.807, 2.05) is 20.1 Å². The molecule has 6 nitrogen and oxygen atoms in total. The molecular formula is C14H21N3O3S. The van der Waals surface area contributed by atoms with Crippen molar-refractivity contribution in [3.8, 4) is 0 Å². The Bertz CT molecular complexity index is 520. The van der Waals surface area contributed by atoms with Gasteiger partial charge in [0.2, 0.25) is 0 Å². The molecule has 1 unspecified atom stereocenters. The van der Waals surface area contributed by atoms with Crippen LogP contribution < -0.4 is 10.6 Å². The van der Waals surface area contributed by atoms with Crippen LogP contribution in [0, 0.1) is 10.1 Å². The molecule has 1 rings (SSSR count). The van der Waals surface area contributed by atoms with Crippen LogP contribution in [0.5, 0.6) is 0 Å². The average Bonchev–Trinajstić information content (AvgIpc) is 2.45. The number of nitrogens with one attached hydrogen (secondary N) is 2. The van der Waals surface area contributed by atoms with Crippen LogP contribution in [-0.2, 0) is 0 Å². The molecule has 0 heterocycles. The Morgan fingerprint density at radius 2 is 2.14 bits per heavy atom. The molecule has 1 atom stereocenters. The van der Waals surface area contributed by atoms with Gasteiger partial charge in [-0.05, 0) is 32.6 Å². The number of carbonyl (C=O) groups is 1. The van der Waals surface area contributed by atoms with Gasteiger partial charge in [0.05, 0.1) is 11.0 Å². The lowest BCUT2D eigenvalue weighted by atomic mass is 10.1. The van der Waals surface area contributed by atoms with Gasteiger partial charge in [0.1, 0.15) is 0 Å². The van der Waals surface area contributed by atoms with Gasteiger partial charge in [-0.25, -0.2) is 4.79 Å². The van der Waals surface area contributed by atoms with Crippen molar-refractivity contribution in [2.75, 3.05) is 12.8 Å². The predicted octanol–water partition coefficient (Wildman–Crippen LogP) is 3.10. The number of nitro groups is 1. The third-order valence-electron chi connectivity index (χ3n) is 3.16. The molecule has 2 amide bonds. The summed E-state index contributed by atoms with van der Waals surface area (Å²) in [4.78, 5) is 22.1. The average molecular weight is 311 g/mol. The quantitative estimate of drug-likeness (QED) is 0.624. The summed E-state index contributed by atoms with van der Waals surface area (Å²) in [6.45, 7) is 6.42. The lowest BCUT2D eigenvalue weighted by molar-refractivity contribution is -0.384. The number of hydrogen-bond donors (Lipinski definition) is 2. The van der Waals surface area contributed by atoms with Crippen molar-refractivity contribution in [3.05, 3.63) is 39.9 Å². The molecule has 7 heteroatoms. The summed E-state index contributed by atoms with van der Waals surface area (Å²) in [5, 5.41) is 16.3. The molecule has 0 aliphatic heterocycles. The van der Waals surface area contributed by atoms with Crippen molar-refractivity contribution >= 4 is 23.5 Å². The van der Waals surface area contributed by atoms with Crippen molar-refractivity contribution in [3.63, 3.8) is 0 Å². The van der Waals surface area contributed by atoms with E-state index in [-0.39, 0.29) is 22.5 Å². The smallest absolute Gasteiger partial charge is 0.315 e. The van der Waals surface area contributed by atoms with Crippen molar-refractivity contribution in [2.45, 2.75) is 31.6 Å². The summed E-state index contributed by atoms with van der Waals surface area (Å²) in [5.41, 5.74) is 0.716. The minimum absolute atomic E-state index is 0.0186. The maximum atomic E-state index is 11.8. The highest BCUT2D eigenvalue weighted by atomic mass is 32.2. The van der Waals surface area contributed by atoms with Crippen LogP contribution in [-0.4, -0.2) is 28.5 Å². The topological polar surface area (TPSA) is 84.3 Å². The molecule has 0 saturated carbocycles. The highest BCUT2D eigenvalue weighted by Gasteiger charge is 2.18. The Kier molecular flexibility index (Phi) is 6.02. The zero-order valence-corrected chi connectivity index (χ0v) is 13.5. The summed E-state index contributed by atoms with van der Waals surface area (Å²) in [6.07, 6.45) is 1.99. The number of urea groups is 1. The van der Waals surface area contributed by atoms with Crippen molar-refractivity contribution < 1.29 is 9.72 Å². The van der Waals surface area contributed by atoms with Crippen molar-refractivity contribution in [1.29, 1.82) is 0 Å². The Labute approximate surface area is 128 Å². The van der Waals surface area contributed by atoms with Gasteiger partial charge in [0.15, 0.2) is 0 Å². The van der Waals surface area contributed by atoms with Gasteiger partial charge >= 0.3 is 6.03 Å². The third kappa shape index (κ3) is 5.63. The first-order chi connectivity index (χ1) is 9.75. The minimum atomic E-state index is -0.447. The Balaban J connectivity index is 2.60. The fourth-order valence-corrected chi connectivity index (χ4v) is 1.82. The van der Waals surface area contributed by atoms with Crippen molar-refractivity contribution in [1.82, 2.24) is 10.6 Å². The number of thioether (sulfide) groups is 1. The summed E-state index contributed by atoms with van der Waals surface area (Å²) < 4.78 is -0.0356. The molecule has 0 saturated heterocycles. The Morgan fingerprint density at radius 3 is 2.71 bits per heavy atom. The van der Waals surface area contributed by atoms with E-state index in [4.69, 9.17) is 0 Å². The first-order valence-corrected chi connectivity index (χ1v) is 7.81. The number of non-ortho nitro benzene ring substituents is 1. The van der Waals surface area contributed by atoms with Crippen LogP contribution in [0.4, 0.5) is 10.5 Å². The number of amides is 2. The number of hydrogen-bond acceptors (Lipinski definition) is 4. The molecule has 0 fully saturated rings. The van der Waals surface area contributed by atoms with E-state index < -0.39 is 4.92 Å². The second-order valence-electron chi connectivity index (χ2n) is 5.36. The zero-order chi connectivity index (χ0) is 16.0. The van der Waals surface area contributed by atoms with E-state index in [2.05, 4.69) is 10.6 Å². The fourth-order valence-electron chi connectivity index (χ4n) is 1.60. The number of nitro benzene ring substituents is 1. The van der Waals surface area contributed by atoms with Gasteiger partial charge in [-0.1, -0.05) is 12.1 Å². The molecule has 2 N–H and O–H groups in total. The summed E-state index contributed by atoms with van der Waals surface area (Å²) in [5.74, 6) is 0. The van der Waals surface area contributed by atoms with Crippen molar-refractivity contribution in [2.24, 2.45) is 0 Å². The van der Waals surface area contributed by atoms with E-state index >= 15 is 0 Å². The SMILES string of the molecule is CSC(C)(C)CNC(=O)NC(C)c1cccc([N+](=O)[O-])c1. The Morgan fingerprint density at radius 1 is 1.48 bits per heavy atom. The van der Waals surface area contributed by atoms with Gasteiger partial charge in [0.25, 0.3) is 5.69 Å². The number of carbonyl (C=O) groups excluding carboxylic acids is 1. The van der Waals surface area contributed by atoms with E-state index in [9.17, 15) is 14.9 Å². The maximum Gasteiger partial charge on any atom is 0.315 e. The first-order valence-electron chi connectivity index (χ1n) is 6.59. The molecule has 0 aliphatic rings. The third-order valence-corrected chi connectivity index (χ3v) is 4.41. The molecule has 0 bridgehead atoms. The molecule has 1 aromatic rings. The lowest BCUT2D eigenvalue weighted by Gasteiger charge is -2.23. The summed E-state index contributed by atoms with van der Waals surface area (Å²) in [7, 11) is 0. The van der Waals surface area contributed by atoms with Gasteiger partial charge in [0, 0.05) is 23.4 Å². The largest absolute Gasteiger partial charge is 0.337 e. The number of rotatable bonds is 6. The molecule has 116 valence electrons. The minimum Gasteiger partial charge on any atom is -0.337 e. The second-order valence-corrected chi connectivity index (χ2v) is 6.88. The lowest BCUT2D eigenvalue weighted by Crippen LogP contribution is -2.42. The molecule has 0 aromatic heterocycles. The van der Waals surface area contributed by atoms with Crippen LogP contribution in [0.3, 0.4) is 0 Å². The zero-order valence-electron chi connectivity index (χ0n) is 12.7. The van der Waals surface area contributed by atoms with E-state index in [1.165, 1.54) is 12.1 Å². The number of benzene rings is 1. The van der Waals surface area contributed by atoms with Gasteiger partial charge in [-0.3, -0.25) is 10.1 Å². The predicted molar refractivity (Wildman–Crippen MR) is 85.6 cm³/mol. The first kappa shape index (κ1) is 17.3.